The predicted octanol–water partition coefficient (Wildman–Crippen LogP) is 2.08. The summed E-state index contributed by atoms with van der Waals surface area (Å²) in [6.07, 6.45) is 6.43. The average molecular weight is 341 g/mol. The number of aliphatic hydroxyl groups is 1. The van der Waals surface area contributed by atoms with E-state index in [0.29, 0.717) is 30.0 Å². The highest BCUT2D eigenvalue weighted by molar-refractivity contribution is 5.97. The number of rotatable bonds is 3. The number of ether oxygens (including phenoxy) is 1. The predicted molar refractivity (Wildman–Crippen MR) is 92.3 cm³/mol. The number of fused-ring (bicyclic) bond motifs is 2. The molecule has 1 amide bonds. The number of para-hydroxylation sites is 1. The minimum Gasteiger partial charge on any atom is -0.496 e. The van der Waals surface area contributed by atoms with Crippen LogP contribution in [0.3, 0.4) is 0 Å². The molecule has 2 atom stereocenters. The van der Waals surface area contributed by atoms with Crippen molar-refractivity contribution in [2.24, 2.45) is 7.05 Å². The van der Waals surface area contributed by atoms with E-state index in [4.69, 9.17) is 4.74 Å². The summed E-state index contributed by atoms with van der Waals surface area (Å²) in [7, 11) is 3.48. The van der Waals surface area contributed by atoms with E-state index in [2.05, 4.69) is 4.98 Å². The number of piperidine rings is 1. The van der Waals surface area contributed by atoms with Crippen molar-refractivity contribution in [2.75, 3.05) is 7.11 Å². The number of carbonyl (C=O) groups is 1. The summed E-state index contributed by atoms with van der Waals surface area (Å²) >= 11 is 0. The number of carbonyl (C=O) groups excluding carboxylic acids is 1. The molecule has 3 heterocycles. The summed E-state index contributed by atoms with van der Waals surface area (Å²) in [4.78, 5) is 19.5. The van der Waals surface area contributed by atoms with Crippen LogP contribution in [0.15, 0.2) is 36.7 Å². The van der Waals surface area contributed by atoms with Crippen LogP contribution < -0.4 is 4.74 Å². The molecule has 2 aromatic rings. The molecule has 0 spiro atoms. The van der Waals surface area contributed by atoms with E-state index in [1.165, 1.54) is 0 Å². The van der Waals surface area contributed by atoms with Gasteiger partial charge < -0.3 is 19.3 Å². The molecule has 4 rings (SSSR count). The Hall–Kier alpha value is -2.34. The van der Waals surface area contributed by atoms with Crippen molar-refractivity contribution in [3.63, 3.8) is 0 Å². The molecule has 6 heteroatoms. The highest BCUT2D eigenvalue weighted by Gasteiger charge is 2.51. The fourth-order valence-corrected chi connectivity index (χ4v) is 4.51. The van der Waals surface area contributed by atoms with Gasteiger partial charge in [-0.15, -0.1) is 0 Å². The molecular formula is C19H23N3O3. The smallest absolute Gasteiger partial charge is 0.258 e. The molecule has 2 bridgehead atoms. The van der Waals surface area contributed by atoms with Crippen molar-refractivity contribution in [2.45, 2.75) is 43.4 Å². The van der Waals surface area contributed by atoms with E-state index >= 15 is 0 Å². The van der Waals surface area contributed by atoms with E-state index in [0.717, 1.165) is 12.8 Å². The normalized spacial score (nSPS) is 28.2. The van der Waals surface area contributed by atoms with E-state index < -0.39 is 5.60 Å². The summed E-state index contributed by atoms with van der Waals surface area (Å²) in [6, 6.07) is 7.38. The zero-order valence-electron chi connectivity index (χ0n) is 14.6. The number of methoxy groups -OCH3 is 1. The molecule has 2 aliphatic heterocycles. The number of hydrogen-bond acceptors (Lipinski definition) is 4. The van der Waals surface area contributed by atoms with E-state index in [1.54, 1.807) is 19.4 Å². The summed E-state index contributed by atoms with van der Waals surface area (Å²) in [5.41, 5.74) is -0.383. The standard InChI is InChI=1S/C19H23N3O3/c1-21-10-9-20-18(21)19(24)11-13-7-8-14(12-19)22(13)17(23)15-5-3-4-6-16(15)25-2/h3-6,9-10,13-14,24H,7-8,11-12H2,1-2H3. The monoisotopic (exact) mass is 341 g/mol. The number of hydrogen-bond donors (Lipinski definition) is 1. The Balaban J connectivity index is 1.63. The Bertz CT molecular complexity index is 787. The maximum Gasteiger partial charge on any atom is 0.258 e. The van der Waals surface area contributed by atoms with E-state index in [1.807, 2.05) is 40.9 Å². The van der Waals surface area contributed by atoms with Crippen molar-refractivity contribution in [3.8, 4) is 5.75 Å². The van der Waals surface area contributed by atoms with E-state index in [9.17, 15) is 9.90 Å². The van der Waals surface area contributed by atoms with Crippen LogP contribution in [0.5, 0.6) is 5.75 Å². The molecule has 25 heavy (non-hydrogen) atoms. The highest BCUT2D eigenvalue weighted by Crippen LogP contribution is 2.46. The van der Waals surface area contributed by atoms with Crippen LogP contribution >= 0.6 is 0 Å². The maximum absolute atomic E-state index is 13.1. The van der Waals surface area contributed by atoms with Crippen molar-refractivity contribution in [1.29, 1.82) is 0 Å². The highest BCUT2D eigenvalue weighted by atomic mass is 16.5. The lowest BCUT2D eigenvalue weighted by molar-refractivity contribution is -0.0555. The molecule has 0 aliphatic carbocycles. The second-order valence-corrected chi connectivity index (χ2v) is 7.10. The maximum atomic E-state index is 13.1. The molecule has 1 aromatic heterocycles. The molecule has 6 nitrogen and oxygen atoms in total. The average Bonchev–Trinajstić information content (AvgIpc) is 3.16. The fraction of sp³-hybridized carbons (Fsp3) is 0.474. The van der Waals surface area contributed by atoms with Gasteiger partial charge in [-0.05, 0) is 25.0 Å². The first-order chi connectivity index (χ1) is 12.0. The van der Waals surface area contributed by atoms with Gasteiger partial charge in [0.2, 0.25) is 0 Å². The molecule has 0 radical (unpaired) electrons. The second-order valence-electron chi connectivity index (χ2n) is 7.10. The third kappa shape index (κ3) is 2.52. The molecule has 2 unspecified atom stereocenters. The number of benzene rings is 1. The quantitative estimate of drug-likeness (QED) is 0.928. The third-order valence-electron chi connectivity index (χ3n) is 5.58. The van der Waals surface area contributed by atoms with Crippen LogP contribution in [0.2, 0.25) is 0 Å². The minimum atomic E-state index is -0.971. The van der Waals surface area contributed by atoms with Crippen LogP contribution in [0.25, 0.3) is 0 Å². The largest absolute Gasteiger partial charge is 0.496 e. The number of amides is 1. The lowest BCUT2D eigenvalue weighted by Gasteiger charge is -2.43. The van der Waals surface area contributed by atoms with Crippen molar-refractivity contribution in [3.05, 3.63) is 48.0 Å². The summed E-state index contributed by atoms with van der Waals surface area (Å²) in [6.45, 7) is 0. The molecule has 132 valence electrons. The number of nitrogens with zero attached hydrogens (tertiary/aromatic N) is 3. The van der Waals surface area contributed by atoms with Crippen LogP contribution in [-0.4, -0.2) is 44.7 Å². The summed E-state index contributed by atoms with van der Waals surface area (Å²) in [5.74, 6) is 1.28. The molecule has 2 aliphatic rings. The Morgan fingerprint density at radius 1 is 1.28 bits per heavy atom. The Morgan fingerprint density at radius 3 is 2.56 bits per heavy atom. The SMILES string of the molecule is COc1ccccc1C(=O)N1C2CCC1CC(O)(c1nccn1C)C2. The summed E-state index contributed by atoms with van der Waals surface area (Å²) < 4.78 is 7.23. The van der Waals surface area contributed by atoms with Gasteiger partial charge >= 0.3 is 0 Å². The Labute approximate surface area is 147 Å². The first kappa shape index (κ1) is 16.1. The van der Waals surface area contributed by atoms with Gasteiger partial charge in [-0.3, -0.25) is 4.79 Å². The molecule has 1 aromatic carbocycles. The Morgan fingerprint density at radius 2 is 1.96 bits per heavy atom. The van der Waals surface area contributed by atoms with Gasteiger partial charge in [0.15, 0.2) is 0 Å². The molecule has 0 saturated carbocycles. The topological polar surface area (TPSA) is 67.6 Å². The number of imidazole rings is 1. The van der Waals surface area contributed by atoms with Crippen LogP contribution in [0, 0.1) is 0 Å². The van der Waals surface area contributed by atoms with Gasteiger partial charge in [0.1, 0.15) is 17.2 Å². The van der Waals surface area contributed by atoms with Crippen LogP contribution in [-0.2, 0) is 12.6 Å². The molecule has 2 saturated heterocycles. The summed E-state index contributed by atoms with van der Waals surface area (Å²) in [5, 5.41) is 11.2. The lowest BCUT2D eigenvalue weighted by atomic mass is 9.85. The van der Waals surface area contributed by atoms with E-state index in [-0.39, 0.29) is 18.0 Å². The van der Waals surface area contributed by atoms with Gasteiger partial charge in [-0.1, -0.05) is 12.1 Å². The van der Waals surface area contributed by atoms with Gasteiger partial charge in [0.05, 0.1) is 12.7 Å². The fourth-order valence-electron chi connectivity index (χ4n) is 4.51. The van der Waals surface area contributed by atoms with Crippen LogP contribution in [0.4, 0.5) is 0 Å². The van der Waals surface area contributed by atoms with Gasteiger partial charge in [-0.2, -0.15) is 0 Å². The molecule has 1 N–H and O–H groups in total. The number of aryl methyl sites for hydroxylation is 1. The van der Waals surface area contributed by atoms with Crippen molar-refractivity contribution >= 4 is 5.91 Å². The van der Waals surface area contributed by atoms with Crippen molar-refractivity contribution < 1.29 is 14.6 Å². The second kappa shape index (κ2) is 5.88. The minimum absolute atomic E-state index is 0.00756. The zero-order chi connectivity index (χ0) is 17.6. The van der Waals surface area contributed by atoms with Gasteiger partial charge in [0, 0.05) is 44.4 Å². The van der Waals surface area contributed by atoms with Crippen LogP contribution in [0.1, 0.15) is 41.9 Å². The first-order valence-electron chi connectivity index (χ1n) is 8.69. The number of aromatic nitrogens is 2. The van der Waals surface area contributed by atoms with Crippen molar-refractivity contribution in [1.82, 2.24) is 14.5 Å². The zero-order valence-corrected chi connectivity index (χ0v) is 14.6. The first-order valence-corrected chi connectivity index (χ1v) is 8.69. The van der Waals surface area contributed by atoms with Gasteiger partial charge in [-0.25, -0.2) is 4.98 Å². The molecular weight excluding hydrogens is 318 g/mol. The Kier molecular flexibility index (Phi) is 3.80. The lowest BCUT2D eigenvalue weighted by Crippen LogP contribution is -2.52. The third-order valence-corrected chi connectivity index (χ3v) is 5.58. The van der Waals surface area contributed by atoms with Gasteiger partial charge in [0.25, 0.3) is 5.91 Å². The molecule has 2 fully saturated rings.